The Hall–Kier alpha value is 0.140. The van der Waals surface area contributed by atoms with E-state index in [-0.39, 0.29) is 0 Å². The summed E-state index contributed by atoms with van der Waals surface area (Å²) < 4.78 is -1.41. The van der Waals surface area contributed by atoms with Gasteiger partial charge in [0.1, 0.15) is 12.5 Å². The second-order valence-corrected chi connectivity index (χ2v) is 5.56. The molecule has 0 unspecified atom stereocenters. The fourth-order valence-corrected chi connectivity index (χ4v) is 1.58. The van der Waals surface area contributed by atoms with E-state index in [2.05, 4.69) is 24.4 Å². The Labute approximate surface area is 93.0 Å². The Balaban J connectivity index is 2.63. The number of rotatable bonds is 2. The lowest BCUT2D eigenvalue weighted by Crippen LogP contribution is -2.39. The average molecular weight is 245 g/mol. The summed E-state index contributed by atoms with van der Waals surface area (Å²) in [7, 11) is 0. The molecule has 0 fully saturated rings. The van der Waals surface area contributed by atoms with Crippen molar-refractivity contribution in [1.82, 2.24) is 10.3 Å². The van der Waals surface area contributed by atoms with Crippen molar-refractivity contribution in [3.8, 4) is 0 Å². The van der Waals surface area contributed by atoms with Crippen molar-refractivity contribution >= 4 is 40.6 Å². The fraction of sp³-hybridized carbons (Fsp3) is 0.857. The summed E-state index contributed by atoms with van der Waals surface area (Å²) in [5.41, 5.74) is 2.79. The SMILES string of the molecule is CC(C)CC1=NNCN1C(Cl)(Cl)Cl. The van der Waals surface area contributed by atoms with E-state index >= 15 is 0 Å². The highest BCUT2D eigenvalue weighted by molar-refractivity contribution is 6.67. The number of nitrogens with zero attached hydrogens (tertiary/aromatic N) is 2. The molecule has 3 nitrogen and oxygen atoms in total. The average Bonchev–Trinajstić information content (AvgIpc) is 2.31. The summed E-state index contributed by atoms with van der Waals surface area (Å²) in [6, 6.07) is 0. The largest absolute Gasteiger partial charge is 0.295 e. The molecular weight excluding hydrogens is 232 g/mol. The van der Waals surface area contributed by atoms with Crippen LogP contribution in [0.25, 0.3) is 0 Å². The molecule has 0 bridgehead atoms. The van der Waals surface area contributed by atoms with Gasteiger partial charge in [-0.1, -0.05) is 48.7 Å². The van der Waals surface area contributed by atoms with E-state index in [1.54, 1.807) is 4.90 Å². The van der Waals surface area contributed by atoms with Gasteiger partial charge in [0.15, 0.2) is 0 Å². The number of halogens is 3. The maximum atomic E-state index is 5.75. The molecule has 76 valence electrons. The molecule has 1 heterocycles. The van der Waals surface area contributed by atoms with Gasteiger partial charge in [0.25, 0.3) is 3.92 Å². The first-order chi connectivity index (χ1) is 5.91. The molecule has 1 rings (SSSR count). The Kier molecular flexibility index (Phi) is 3.55. The second-order valence-electron chi connectivity index (χ2n) is 3.34. The van der Waals surface area contributed by atoms with Crippen molar-refractivity contribution < 1.29 is 0 Å². The van der Waals surface area contributed by atoms with Crippen molar-refractivity contribution in [2.45, 2.75) is 24.2 Å². The zero-order valence-corrected chi connectivity index (χ0v) is 9.79. The lowest BCUT2D eigenvalue weighted by Gasteiger charge is -2.27. The van der Waals surface area contributed by atoms with Gasteiger partial charge in [0, 0.05) is 6.42 Å². The first-order valence-corrected chi connectivity index (χ1v) is 5.18. The monoisotopic (exact) mass is 243 g/mol. The molecule has 0 atom stereocenters. The Morgan fingerprint density at radius 1 is 1.54 bits per heavy atom. The lowest BCUT2D eigenvalue weighted by molar-refractivity contribution is 0.420. The minimum atomic E-state index is -1.41. The molecular formula is C7H12Cl3N3. The number of hydrazone groups is 1. The van der Waals surface area contributed by atoms with Crippen LogP contribution in [0.1, 0.15) is 20.3 Å². The summed E-state index contributed by atoms with van der Waals surface area (Å²) >= 11 is 17.3. The zero-order chi connectivity index (χ0) is 10.1. The number of hydrogen-bond acceptors (Lipinski definition) is 3. The Morgan fingerprint density at radius 2 is 2.15 bits per heavy atom. The van der Waals surface area contributed by atoms with Gasteiger partial charge in [0.05, 0.1) is 0 Å². The van der Waals surface area contributed by atoms with E-state index in [0.717, 1.165) is 12.3 Å². The van der Waals surface area contributed by atoms with E-state index in [9.17, 15) is 0 Å². The van der Waals surface area contributed by atoms with Gasteiger partial charge < -0.3 is 0 Å². The molecule has 0 aromatic heterocycles. The highest BCUT2D eigenvalue weighted by Crippen LogP contribution is 2.32. The van der Waals surface area contributed by atoms with Crippen LogP contribution in [-0.2, 0) is 0 Å². The maximum Gasteiger partial charge on any atom is 0.270 e. The van der Waals surface area contributed by atoms with Crippen molar-refractivity contribution in [3.05, 3.63) is 0 Å². The molecule has 0 saturated heterocycles. The molecule has 0 aliphatic carbocycles. The highest BCUT2D eigenvalue weighted by atomic mass is 35.6. The first kappa shape index (κ1) is 11.2. The van der Waals surface area contributed by atoms with Crippen LogP contribution < -0.4 is 5.43 Å². The minimum absolute atomic E-state index is 0.457. The predicted molar refractivity (Wildman–Crippen MR) is 57.0 cm³/mol. The molecule has 13 heavy (non-hydrogen) atoms. The van der Waals surface area contributed by atoms with E-state index in [1.165, 1.54) is 0 Å². The molecule has 1 aliphatic heterocycles. The summed E-state index contributed by atoms with van der Waals surface area (Å²) in [4.78, 5) is 1.62. The fourth-order valence-electron chi connectivity index (χ4n) is 1.11. The van der Waals surface area contributed by atoms with Crippen LogP contribution in [0.2, 0.25) is 0 Å². The van der Waals surface area contributed by atoms with Crippen molar-refractivity contribution in [1.29, 1.82) is 0 Å². The van der Waals surface area contributed by atoms with Gasteiger partial charge in [-0.25, -0.2) is 0 Å². The molecule has 0 amide bonds. The van der Waals surface area contributed by atoms with Gasteiger partial charge in [-0.2, -0.15) is 5.10 Å². The first-order valence-electron chi connectivity index (χ1n) is 4.05. The highest BCUT2D eigenvalue weighted by Gasteiger charge is 2.34. The van der Waals surface area contributed by atoms with E-state index in [1.807, 2.05) is 0 Å². The summed E-state index contributed by atoms with van der Waals surface area (Å²) in [5.74, 6) is 1.29. The smallest absolute Gasteiger partial charge is 0.270 e. The van der Waals surface area contributed by atoms with Gasteiger partial charge in [0.2, 0.25) is 0 Å². The van der Waals surface area contributed by atoms with E-state index in [4.69, 9.17) is 34.8 Å². The third kappa shape index (κ3) is 3.08. The summed E-state index contributed by atoms with van der Waals surface area (Å²) in [5, 5.41) is 4.06. The summed E-state index contributed by atoms with van der Waals surface area (Å²) in [6.07, 6.45) is 0.806. The van der Waals surface area contributed by atoms with Gasteiger partial charge >= 0.3 is 0 Å². The number of amidine groups is 1. The molecule has 6 heteroatoms. The standard InChI is InChI=1S/C7H12Cl3N3/c1-5(2)3-6-12-11-4-13(6)7(8,9)10/h5,11H,3-4H2,1-2H3. The van der Waals surface area contributed by atoms with Gasteiger partial charge in [-0.15, -0.1) is 0 Å². The topological polar surface area (TPSA) is 27.6 Å². The molecule has 0 radical (unpaired) electrons. The maximum absolute atomic E-state index is 5.75. The van der Waals surface area contributed by atoms with Crippen LogP contribution in [0.4, 0.5) is 0 Å². The normalized spacial score (nSPS) is 17.7. The van der Waals surface area contributed by atoms with Crippen molar-refractivity contribution in [2.75, 3.05) is 6.67 Å². The molecule has 0 saturated carbocycles. The molecule has 0 aromatic carbocycles. The lowest BCUT2D eigenvalue weighted by atomic mass is 10.1. The second kappa shape index (κ2) is 4.11. The molecule has 0 aromatic rings. The van der Waals surface area contributed by atoms with Crippen molar-refractivity contribution in [3.63, 3.8) is 0 Å². The van der Waals surface area contributed by atoms with E-state index in [0.29, 0.717) is 12.6 Å². The van der Waals surface area contributed by atoms with Gasteiger partial charge in [-0.3, -0.25) is 10.3 Å². The van der Waals surface area contributed by atoms with Crippen LogP contribution >= 0.6 is 34.8 Å². The number of alkyl halides is 3. The Morgan fingerprint density at radius 3 is 2.62 bits per heavy atom. The Bertz CT molecular complexity index is 210. The summed E-state index contributed by atoms with van der Waals surface area (Å²) in [6.45, 7) is 4.65. The number of hydrogen-bond donors (Lipinski definition) is 1. The van der Waals surface area contributed by atoms with Crippen LogP contribution in [0.5, 0.6) is 0 Å². The number of nitrogens with one attached hydrogen (secondary N) is 1. The third-order valence-electron chi connectivity index (χ3n) is 1.65. The predicted octanol–water partition coefficient (Wildman–Crippen LogP) is 2.54. The zero-order valence-electron chi connectivity index (χ0n) is 7.52. The molecule has 1 N–H and O–H groups in total. The molecule has 0 spiro atoms. The molecule has 1 aliphatic rings. The minimum Gasteiger partial charge on any atom is -0.295 e. The van der Waals surface area contributed by atoms with Crippen LogP contribution in [0, 0.1) is 5.92 Å². The van der Waals surface area contributed by atoms with Crippen LogP contribution in [0.15, 0.2) is 5.10 Å². The van der Waals surface area contributed by atoms with Crippen LogP contribution in [-0.4, -0.2) is 21.3 Å². The quantitative estimate of drug-likeness (QED) is 0.597. The third-order valence-corrected chi connectivity index (χ3v) is 2.26. The van der Waals surface area contributed by atoms with E-state index < -0.39 is 3.92 Å². The van der Waals surface area contributed by atoms with Gasteiger partial charge in [-0.05, 0) is 5.92 Å². The van der Waals surface area contributed by atoms with Crippen molar-refractivity contribution in [2.24, 2.45) is 11.0 Å². The van der Waals surface area contributed by atoms with Crippen LogP contribution in [0.3, 0.4) is 0 Å².